The molecule has 0 saturated carbocycles. The molecule has 0 aliphatic heterocycles. The average Bonchev–Trinajstić information content (AvgIpc) is 2.28. The van der Waals surface area contributed by atoms with E-state index < -0.39 is 18.0 Å². The maximum absolute atomic E-state index is 11.6. The van der Waals surface area contributed by atoms with Crippen molar-refractivity contribution < 1.29 is 19.1 Å². The molecule has 1 unspecified atom stereocenters. The fourth-order valence-corrected chi connectivity index (χ4v) is 1.26. The molecule has 0 saturated heterocycles. The minimum atomic E-state index is -0.951. The van der Waals surface area contributed by atoms with Gasteiger partial charge in [0.05, 0.1) is 12.0 Å². The molecule has 0 aliphatic rings. The molecule has 0 aliphatic carbocycles. The van der Waals surface area contributed by atoms with Gasteiger partial charge in [-0.3, -0.25) is 4.79 Å². The summed E-state index contributed by atoms with van der Waals surface area (Å²) in [5.41, 5.74) is 0.801. The minimum absolute atomic E-state index is 0.303. The summed E-state index contributed by atoms with van der Waals surface area (Å²) >= 11 is 0. The molecule has 0 amide bonds. The summed E-state index contributed by atoms with van der Waals surface area (Å²) in [5.74, 6) is -1.10. The lowest BCUT2D eigenvalue weighted by Crippen LogP contribution is -2.21. The van der Waals surface area contributed by atoms with Crippen LogP contribution in [0.25, 0.3) is 0 Å². The Labute approximate surface area is 101 Å². The zero-order valence-corrected chi connectivity index (χ0v) is 10.2. The molecule has 0 aromatic heterocycles. The van der Waals surface area contributed by atoms with Gasteiger partial charge in [0, 0.05) is 0 Å². The van der Waals surface area contributed by atoms with Gasteiger partial charge in [-0.15, -0.1) is 0 Å². The zero-order chi connectivity index (χ0) is 12.8. The van der Waals surface area contributed by atoms with Crippen molar-refractivity contribution in [3.05, 3.63) is 35.9 Å². The van der Waals surface area contributed by atoms with Crippen LogP contribution in [0.5, 0.6) is 0 Å². The number of benzene rings is 1. The smallest absolute Gasteiger partial charge is 0.431 e. The van der Waals surface area contributed by atoms with Crippen LogP contribution >= 0.6 is 0 Å². The lowest BCUT2D eigenvalue weighted by Gasteiger charge is -2.11. The first kappa shape index (κ1) is 13.2. The van der Waals surface area contributed by atoms with Crippen LogP contribution in [0.2, 0.25) is 0 Å². The van der Waals surface area contributed by atoms with Crippen LogP contribution in [0.15, 0.2) is 30.3 Å². The Morgan fingerprint density at radius 1 is 1.06 bits per heavy atom. The van der Waals surface area contributed by atoms with Crippen molar-refractivity contribution in [1.82, 2.24) is 0 Å². The molecule has 1 aromatic carbocycles. The summed E-state index contributed by atoms with van der Waals surface area (Å²) in [6, 6.07) is 9.12. The van der Waals surface area contributed by atoms with E-state index in [1.54, 1.807) is 32.9 Å². The summed E-state index contributed by atoms with van der Waals surface area (Å²) in [7, 11) is 0. The average molecular weight is 236 g/mol. The van der Waals surface area contributed by atoms with Gasteiger partial charge in [-0.1, -0.05) is 30.3 Å². The second-order valence-electron chi connectivity index (χ2n) is 3.97. The highest BCUT2D eigenvalue weighted by molar-refractivity contribution is 5.86. The number of carbonyl (C=O) groups excluding carboxylic acids is 2. The Morgan fingerprint density at radius 3 is 2.18 bits per heavy atom. The molecule has 17 heavy (non-hydrogen) atoms. The van der Waals surface area contributed by atoms with Crippen molar-refractivity contribution in [3.63, 3.8) is 0 Å². The van der Waals surface area contributed by atoms with E-state index in [0.717, 1.165) is 5.56 Å². The monoisotopic (exact) mass is 236 g/mol. The van der Waals surface area contributed by atoms with Crippen LogP contribution in [-0.2, 0) is 14.3 Å². The van der Waals surface area contributed by atoms with Gasteiger partial charge in [-0.25, -0.2) is 4.79 Å². The Bertz CT molecular complexity index is 384. The highest BCUT2D eigenvalue weighted by atomic mass is 16.7. The van der Waals surface area contributed by atoms with Crippen molar-refractivity contribution in [3.8, 4) is 0 Å². The van der Waals surface area contributed by atoms with Gasteiger partial charge in [0.1, 0.15) is 0 Å². The second kappa shape index (κ2) is 6.03. The quantitative estimate of drug-likeness (QED) is 0.598. The number of carbonyl (C=O) groups is 2. The first-order chi connectivity index (χ1) is 8.00. The fourth-order valence-electron chi connectivity index (χ4n) is 1.26. The van der Waals surface area contributed by atoms with Gasteiger partial charge < -0.3 is 9.47 Å². The molecule has 0 heterocycles. The number of rotatable bonds is 3. The number of esters is 1. The molecular weight excluding hydrogens is 220 g/mol. The van der Waals surface area contributed by atoms with Crippen molar-refractivity contribution >= 4 is 12.1 Å². The van der Waals surface area contributed by atoms with E-state index in [-0.39, 0.29) is 6.10 Å². The maximum Gasteiger partial charge on any atom is 0.516 e. The summed E-state index contributed by atoms with van der Waals surface area (Å²) in [6.07, 6.45) is -1.25. The van der Waals surface area contributed by atoms with Crippen LogP contribution in [0.1, 0.15) is 32.3 Å². The Hall–Kier alpha value is -1.84. The number of hydrogen-bond donors (Lipinski definition) is 0. The third-order valence-electron chi connectivity index (χ3n) is 2.17. The SMILES string of the molecule is CC(C)OC(=O)OC(=O)C(C)c1ccccc1. The molecule has 1 rings (SSSR count). The van der Waals surface area contributed by atoms with Crippen molar-refractivity contribution in [1.29, 1.82) is 0 Å². The zero-order valence-electron chi connectivity index (χ0n) is 10.2. The topological polar surface area (TPSA) is 52.6 Å². The molecular formula is C13H16O4. The van der Waals surface area contributed by atoms with Gasteiger partial charge >= 0.3 is 12.1 Å². The molecule has 0 spiro atoms. The van der Waals surface area contributed by atoms with Crippen LogP contribution in [0, 0.1) is 0 Å². The molecule has 4 heteroatoms. The summed E-state index contributed by atoms with van der Waals surface area (Å²) < 4.78 is 9.30. The van der Waals surface area contributed by atoms with Gasteiger partial charge in [-0.2, -0.15) is 0 Å². The normalized spacial score (nSPS) is 12.0. The van der Waals surface area contributed by atoms with Crippen LogP contribution in [0.3, 0.4) is 0 Å². The Balaban J connectivity index is 2.56. The van der Waals surface area contributed by atoms with E-state index in [2.05, 4.69) is 4.74 Å². The lowest BCUT2D eigenvalue weighted by atomic mass is 10.0. The Morgan fingerprint density at radius 2 is 1.65 bits per heavy atom. The second-order valence-corrected chi connectivity index (χ2v) is 3.97. The molecule has 0 radical (unpaired) electrons. The standard InChI is InChI=1S/C13H16O4/c1-9(2)16-13(15)17-12(14)10(3)11-7-5-4-6-8-11/h4-10H,1-3H3. The molecule has 0 fully saturated rings. The first-order valence-electron chi connectivity index (χ1n) is 5.48. The van der Waals surface area contributed by atoms with Gasteiger partial charge in [-0.05, 0) is 26.3 Å². The summed E-state index contributed by atoms with van der Waals surface area (Å²) in [4.78, 5) is 22.7. The highest BCUT2D eigenvalue weighted by Crippen LogP contribution is 2.16. The molecule has 1 aromatic rings. The molecule has 0 N–H and O–H groups in total. The lowest BCUT2D eigenvalue weighted by molar-refractivity contribution is -0.141. The highest BCUT2D eigenvalue weighted by Gasteiger charge is 2.21. The maximum atomic E-state index is 11.6. The third-order valence-corrected chi connectivity index (χ3v) is 2.17. The van der Waals surface area contributed by atoms with E-state index in [0.29, 0.717) is 0 Å². The molecule has 0 bridgehead atoms. The fraction of sp³-hybridized carbons (Fsp3) is 0.385. The Kier molecular flexibility index (Phi) is 4.69. The van der Waals surface area contributed by atoms with Gasteiger partial charge in [0.2, 0.25) is 0 Å². The molecule has 92 valence electrons. The number of hydrogen-bond acceptors (Lipinski definition) is 4. The van der Waals surface area contributed by atoms with Crippen molar-refractivity contribution in [2.24, 2.45) is 0 Å². The summed E-state index contributed by atoms with van der Waals surface area (Å²) in [5, 5.41) is 0. The van der Waals surface area contributed by atoms with Crippen LogP contribution in [-0.4, -0.2) is 18.2 Å². The summed E-state index contributed by atoms with van der Waals surface area (Å²) in [6.45, 7) is 5.05. The predicted molar refractivity (Wildman–Crippen MR) is 62.6 cm³/mol. The largest absolute Gasteiger partial charge is 0.516 e. The third kappa shape index (κ3) is 4.26. The van der Waals surface area contributed by atoms with E-state index in [9.17, 15) is 9.59 Å². The molecule has 1 atom stereocenters. The van der Waals surface area contributed by atoms with Gasteiger partial charge in [0.25, 0.3) is 0 Å². The van der Waals surface area contributed by atoms with E-state index in [4.69, 9.17) is 4.74 Å². The predicted octanol–water partition coefficient (Wildman–Crippen LogP) is 2.88. The first-order valence-corrected chi connectivity index (χ1v) is 5.48. The van der Waals surface area contributed by atoms with Crippen LogP contribution < -0.4 is 0 Å². The van der Waals surface area contributed by atoms with Crippen molar-refractivity contribution in [2.45, 2.75) is 32.8 Å². The van der Waals surface area contributed by atoms with Gasteiger partial charge in [0.15, 0.2) is 0 Å². The van der Waals surface area contributed by atoms with E-state index in [1.807, 2.05) is 18.2 Å². The van der Waals surface area contributed by atoms with Crippen molar-refractivity contribution in [2.75, 3.05) is 0 Å². The molecule has 4 nitrogen and oxygen atoms in total. The van der Waals surface area contributed by atoms with E-state index >= 15 is 0 Å². The minimum Gasteiger partial charge on any atom is -0.431 e. The number of ether oxygens (including phenoxy) is 2. The van der Waals surface area contributed by atoms with E-state index in [1.165, 1.54) is 0 Å². The van der Waals surface area contributed by atoms with Crippen LogP contribution in [0.4, 0.5) is 4.79 Å².